The largest absolute Gasteiger partial charge is 0.494 e. The fourth-order valence-corrected chi connectivity index (χ4v) is 3.52. The predicted molar refractivity (Wildman–Crippen MR) is 114 cm³/mol. The van der Waals surface area contributed by atoms with E-state index in [1.807, 2.05) is 18.2 Å². The van der Waals surface area contributed by atoms with E-state index in [4.69, 9.17) is 9.84 Å². The van der Waals surface area contributed by atoms with Crippen LogP contribution in [0.5, 0.6) is 5.75 Å². The molecule has 1 N–H and O–H groups in total. The number of carbonyl (C=O) groups is 1. The summed E-state index contributed by atoms with van der Waals surface area (Å²) < 4.78 is 45.7. The van der Waals surface area contributed by atoms with Crippen molar-refractivity contribution in [1.82, 2.24) is 19.6 Å². The SMILES string of the molecule is Cc1nn(-c2ccc(C(F)(F)F)cc2)nc1CCCOc1ccc2c(ccn2CC(=O)O)c1. The van der Waals surface area contributed by atoms with Gasteiger partial charge in [0.25, 0.3) is 0 Å². The van der Waals surface area contributed by atoms with Gasteiger partial charge in [-0.15, -0.1) is 0 Å². The van der Waals surface area contributed by atoms with Crippen molar-refractivity contribution in [2.24, 2.45) is 0 Å². The van der Waals surface area contributed by atoms with Crippen LogP contribution in [0.3, 0.4) is 0 Å². The fourth-order valence-electron chi connectivity index (χ4n) is 3.52. The van der Waals surface area contributed by atoms with E-state index in [1.54, 1.807) is 23.8 Å². The van der Waals surface area contributed by atoms with Gasteiger partial charge in [-0.2, -0.15) is 28.2 Å². The highest BCUT2D eigenvalue weighted by atomic mass is 19.4. The zero-order chi connectivity index (χ0) is 23.6. The van der Waals surface area contributed by atoms with Gasteiger partial charge < -0.3 is 14.4 Å². The lowest BCUT2D eigenvalue weighted by molar-refractivity contribution is -0.138. The standard InChI is InChI=1S/C23H21F3N4O3/c1-15-20(28-30(27-15)18-6-4-17(5-7-18)23(24,25)26)3-2-12-33-19-8-9-21-16(13-19)10-11-29(21)14-22(31)32/h4-11,13H,2-3,12,14H2,1H3,(H,31,32). The molecule has 0 aliphatic heterocycles. The van der Waals surface area contributed by atoms with E-state index in [0.29, 0.717) is 36.6 Å². The molecule has 172 valence electrons. The highest BCUT2D eigenvalue weighted by Crippen LogP contribution is 2.29. The number of aromatic nitrogens is 4. The second kappa shape index (κ2) is 8.97. The maximum Gasteiger partial charge on any atom is 0.416 e. The van der Waals surface area contributed by atoms with Crippen LogP contribution in [0.1, 0.15) is 23.4 Å². The fraction of sp³-hybridized carbons (Fsp3) is 0.261. The Labute approximate surface area is 187 Å². The Morgan fingerprint density at radius 1 is 1.09 bits per heavy atom. The number of nitrogens with zero attached hydrogens (tertiary/aromatic N) is 4. The molecule has 0 spiro atoms. The van der Waals surface area contributed by atoms with Crippen LogP contribution in [0.4, 0.5) is 13.2 Å². The average molecular weight is 458 g/mol. The van der Waals surface area contributed by atoms with Gasteiger partial charge in [-0.1, -0.05) is 0 Å². The molecule has 0 radical (unpaired) electrons. The van der Waals surface area contributed by atoms with Gasteiger partial charge in [-0.3, -0.25) is 4.79 Å². The van der Waals surface area contributed by atoms with Crippen LogP contribution >= 0.6 is 0 Å². The molecule has 0 atom stereocenters. The number of aliphatic carboxylic acids is 1. The number of rotatable bonds is 8. The summed E-state index contributed by atoms with van der Waals surface area (Å²) in [6.45, 7) is 2.14. The van der Waals surface area contributed by atoms with Crippen molar-refractivity contribution in [3.63, 3.8) is 0 Å². The first kappa shape index (κ1) is 22.4. The van der Waals surface area contributed by atoms with Crippen molar-refractivity contribution in [3.8, 4) is 11.4 Å². The molecule has 0 aliphatic rings. The van der Waals surface area contributed by atoms with Crippen LogP contribution in [0.2, 0.25) is 0 Å². The third-order valence-electron chi connectivity index (χ3n) is 5.18. The molecule has 0 bridgehead atoms. The third kappa shape index (κ3) is 5.16. The molecule has 10 heteroatoms. The maximum atomic E-state index is 12.7. The van der Waals surface area contributed by atoms with Crippen molar-refractivity contribution in [2.45, 2.75) is 32.5 Å². The maximum absolute atomic E-state index is 12.7. The second-order valence-corrected chi connectivity index (χ2v) is 7.58. The molecule has 2 aromatic heterocycles. The van der Waals surface area contributed by atoms with Crippen molar-refractivity contribution in [2.75, 3.05) is 6.61 Å². The Morgan fingerprint density at radius 3 is 2.55 bits per heavy atom. The van der Waals surface area contributed by atoms with Crippen LogP contribution in [0.25, 0.3) is 16.6 Å². The van der Waals surface area contributed by atoms with E-state index in [9.17, 15) is 18.0 Å². The number of ether oxygens (including phenoxy) is 1. The number of carboxylic acids is 1. The van der Waals surface area contributed by atoms with Crippen molar-refractivity contribution < 1.29 is 27.8 Å². The molecule has 0 saturated carbocycles. The summed E-state index contributed by atoms with van der Waals surface area (Å²) in [5.74, 6) is -0.223. The smallest absolute Gasteiger partial charge is 0.416 e. The molecule has 0 unspecified atom stereocenters. The van der Waals surface area contributed by atoms with Gasteiger partial charge in [-0.05, 0) is 68.3 Å². The molecular weight excluding hydrogens is 437 g/mol. The zero-order valence-corrected chi connectivity index (χ0v) is 17.7. The highest BCUT2D eigenvalue weighted by Gasteiger charge is 2.30. The van der Waals surface area contributed by atoms with Gasteiger partial charge in [0, 0.05) is 17.1 Å². The molecule has 33 heavy (non-hydrogen) atoms. The van der Waals surface area contributed by atoms with Crippen molar-refractivity contribution in [3.05, 3.63) is 71.7 Å². The zero-order valence-electron chi connectivity index (χ0n) is 17.7. The lowest BCUT2D eigenvalue weighted by Crippen LogP contribution is -2.07. The molecular formula is C23H21F3N4O3. The normalized spacial score (nSPS) is 11.8. The summed E-state index contributed by atoms with van der Waals surface area (Å²) in [5, 5.41) is 18.6. The van der Waals surface area contributed by atoms with Gasteiger partial charge in [0.05, 0.1) is 29.2 Å². The van der Waals surface area contributed by atoms with Crippen LogP contribution in [-0.2, 0) is 23.9 Å². The first-order chi connectivity index (χ1) is 15.7. The minimum atomic E-state index is -4.38. The van der Waals surface area contributed by atoms with E-state index in [-0.39, 0.29) is 6.54 Å². The summed E-state index contributed by atoms with van der Waals surface area (Å²) in [5.41, 5.74) is 2.01. The van der Waals surface area contributed by atoms with Crippen LogP contribution < -0.4 is 4.74 Å². The van der Waals surface area contributed by atoms with Gasteiger partial charge in [0.2, 0.25) is 0 Å². The Hall–Kier alpha value is -3.82. The summed E-state index contributed by atoms with van der Waals surface area (Å²) in [7, 11) is 0. The van der Waals surface area contributed by atoms with Gasteiger partial charge in [0.1, 0.15) is 12.3 Å². The quantitative estimate of drug-likeness (QED) is 0.389. The molecule has 7 nitrogen and oxygen atoms in total. The predicted octanol–water partition coefficient (Wildman–Crippen LogP) is 4.65. The Bertz CT molecular complexity index is 1280. The summed E-state index contributed by atoms with van der Waals surface area (Å²) in [6, 6.07) is 12.0. The minimum Gasteiger partial charge on any atom is -0.494 e. The highest BCUT2D eigenvalue weighted by molar-refractivity contribution is 5.83. The lowest BCUT2D eigenvalue weighted by atomic mass is 10.2. The number of alkyl halides is 3. The molecule has 0 fully saturated rings. The Balaban J connectivity index is 1.34. The first-order valence-corrected chi connectivity index (χ1v) is 10.2. The summed E-state index contributed by atoms with van der Waals surface area (Å²) >= 11 is 0. The molecule has 0 saturated heterocycles. The van der Waals surface area contributed by atoms with E-state index >= 15 is 0 Å². The van der Waals surface area contributed by atoms with Crippen molar-refractivity contribution >= 4 is 16.9 Å². The van der Waals surface area contributed by atoms with E-state index in [0.717, 1.165) is 28.7 Å². The molecule has 2 heterocycles. The minimum absolute atomic E-state index is 0.101. The number of benzene rings is 2. The summed E-state index contributed by atoms with van der Waals surface area (Å²) in [4.78, 5) is 12.3. The second-order valence-electron chi connectivity index (χ2n) is 7.58. The third-order valence-corrected chi connectivity index (χ3v) is 5.18. The number of halogens is 3. The molecule has 0 aliphatic carbocycles. The van der Waals surface area contributed by atoms with Crippen LogP contribution in [0.15, 0.2) is 54.7 Å². The molecule has 4 aromatic rings. The van der Waals surface area contributed by atoms with E-state index in [2.05, 4.69) is 10.2 Å². The number of aryl methyl sites for hydroxylation is 2. The Kier molecular flexibility index (Phi) is 6.08. The Morgan fingerprint density at radius 2 is 1.85 bits per heavy atom. The van der Waals surface area contributed by atoms with Gasteiger partial charge >= 0.3 is 12.1 Å². The van der Waals surface area contributed by atoms with E-state index in [1.165, 1.54) is 16.9 Å². The molecule has 2 aromatic carbocycles. The lowest BCUT2D eigenvalue weighted by Gasteiger charge is -2.07. The van der Waals surface area contributed by atoms with Gasteiger partial charge in [0.15, 0.2) is 0 Å². The van der Waals surface area contributed by atoms with Gasteiger partial charge in [-0.25, -0.2) is 0 Å². The van der Waals surface area contributed by atoms with Crippen LogP contribution in [-0.4, -0.2) is 37.2 Å². The van der Waals surface area contributed by atoms with E-state index < -0.39 is 17.7 Å². The number of fused-ring (bicyclic) bond motifs is 1. The van der Waals surface area contributed by atoms with Crippen molar-refractivity contribution in [1.29, 1.82) is 0 Å². The number of hydrogen-bond donors (Lipinski definition) is 1. The van der Waals surface area contributed by atoms with Crippen LogP contribution in [0, 0.1) is 6.92 Å². The topological polar surface area (TPSA) is 82.2 Å². The number of hydrogen-bond acceptors (Lipinski definition) is 4. The first-order valence-electron chi connectivity index (χ1n) is 10.2. The number of carboxylic acid groups (broad SMARTS) is 1. The molecule has 0 amide bonds. The summed E-state index contributed by atoms with van der Waals surface area (Å²) in [6.07, 6.45) is -1.39. The molecule has 4 rings (SSSR count). The monoisotopic (exact) mass is 458 g/mol. The average Bonchev–Trinajstić information content (AvgIpc) is 3.33.